The van der Waals surface area contributed by atoms with Crippen LogP contribution in [0.25, 0.3) is 10.9 Å². The van der Waals surface area contributed by atoms with Crippen molar-refractivity contribution in [2.75, 3.05) is 12.3 Å². The van der Waals surface area contributed by atoms with Crippen molar-refractivity contribution in [1.29, 1.82) is 0 Å². The number of carbonyl (C=O) groups excluding carboxylic acids is 1. The van der Waals surface area contributed by atoms with Crippen molar-refractivity contribution in [2.24, 2.45) is 0 Å². The van der Waals surface area contributed by atoms with Crippen molar-refractivity contribution in [1.82, 2.24) is 14.9 Å². The van der Waals surface area contributed by atoms with Gasteiger partial charge in [0.1, 0.15) is 5.82 Å². The minimum atomic E-state index is -0.172. The summed E-state index contributed by atoms with van der Waals surface area (Å²) in [5, 5.41) is 0.561. The summed E-state index contributed by atoms with van der Waals surface area (Å²) in [4.78, 5) is 35.1. The number of aromatic amines is 1. The molecule has 0 saturated heterocycles. The molecule has 0 unspecified atom stereocenters. The van der Waals surface area contributed by atoms with E-state index in [2.05, 4.69) is 42.0 Å². The Labute approximate surface area is 169 Å². The van der Waals surface area contributed by atoms with Crippen LogP contribution in [0.3, 0.4) is 0 Å². The van der Waals surface area contributed by atoms with E-state index < -0.39 is 0 Å². The molecule has 5 nitrogen and oxygen atoms in total. The van der Waals surface area contributed by atoms with Gasteiger partial charge in [-0.2, -0.15) is 0 Å². The molecule has 1 N–H and O–H groups in total. The molecule has 3 rings (SSSR count). The van der Waals surface area contributed by atoms with Gasteiger partial charge in [0.15, 0.2) is 0 Å². The molecular weight excluding hydrogens is 370 g/mol. The maximum absolute atomic E-state index is 12.6. The predicted molar refractivity (Wildman–Crippen MR) is 115 cm³/mol. The quantitative estimate of drug-likeness (QED) is 0.613. The molecule has 0 aliphatic carbocycles. The normalized spacial score (nSPS) is 11.0. The van der Waals surface area contributed by atoms with Gasteiger partial charge in [0.2, 0.25) is 5.91 Å². The third-order valence-corrected chi connectivity index (χ3v) is 5.80. The number of hydrogen-bond donors (Lipinski definition) is 1. The highest BCUT2D eigenvalue weighted by atomic mass is 32.2. The molecule has 0 radical (unpaired) electrons. The van der Waals surface area contributed by atoms with Crippen molar-refractivity contribution >= 4 is 28.6 Å². The summed E-state index contributed by atoms with van der Waals surface area (Å²) >= 11 is 1.69. The molecule has 1 amide bonds. The van der Waals surface area contributed by atoms with Gasteiger partial charge >= 0.3 is 0 Å². The minimum absolute atomic E-state index is 0.0645. The molecule has 28 heavy (non-hydrogen) atoms. The van der Waals surface area contributed by atoms with Crippen LogP contribution in [0.4, 0.5) is 0 Å². The van der Waals surface area contributed by atoms with Crippen LogP contribution in [0.2, 0.25) is 0 Å². The summed E-state index contributed by atoms with van der Waals surface area (Å²) in [6.45, 7) is 7.01. The molecular formula is C22H25N3O2S. The largest absolute Gasteiger partial charge is 0.335 e. The number of hydrogen-bond acceptors (Lipinski definition) is 4. The van der Waals surface area contributed by atoms with Crippen LogP contribution in [0.15, 0.2) is 52.2 Å². The molecule has 1 aromatic heterocycles. The number of fused-ring (bicyclic) bond motifs is 1. The first-order valence-corrected chi connectivity index (χ1v) is 10.4. The lowest BCUT2D eigenvalue weighted by molar-refractivity contribution is -0.131. The zero-order chi connectivity index (χ0) is 20.1. The molecule has 3 aromatic rings. The van der Waals surface area contributed by atoms with E-state index in [9.17, 15) is 9.59 Å². The first-order chi connectivity index (χ1) is 13.5. The Bertz CT molecular complexity index is 1050. The number of aromatic nitrogens is 2. The van der Waals surface area contributed by atoms with Gasteiger partial charge in [-0.15, -0.1) is 11.8 Å². The Morgan fingerprint density at radius 2 is 1.93 bits per heavy atom. The van der Waals surface area contributed by atoms with Crippen LogP contribution in [-0.2, 0) is 11.3 Å². The molecule has 0 fully saturated rings. The third-order valence-electron chi connectivity index (χ3n) is 4.80. The van der Waals surface area contributed by atoms with E-state index in [1.54, 1.807) is 22.7 Å². The number of carbonyl (C=O) groups is 1. The summed E-state index contributed by atoms with van der Waals surface area (Å²) in [5.74, 6) is 1.30. The van der Waals surface area contributed by atoms with E-state index in [1.807, 2.05) is 25.1 Å². The lowest BCUT2D eigenvalue weighted by Crippen LogP contribution is -2.32. The first-order valence-electron chi connectivity index (χ1n) is 9.43. The van der Waals surface area contributed by atoms with E-state index in [0.29, 0.717) is 36.2 Å². The second-order valence-corrected chi connectivity index (χ2v) is 7.95. The highest BCUT2D eigenvalue weighted by Crippen LogP contribution is 2.22. The molecule has 146 valence electrons. The van der Waals surface area contributed by atoms with Crippen LogP contribution >= 0.6 is 11.8 Å². The Morgan fingerprint density at radius 3 is 2.68 bits per heavy atom. The molecule has 0 spiro atoms. The molecule has 0 saturated carbocycles. The Morgan fingerprint density at radius 1 is 1.14 bits per heavy atom. The number of para-hydroxylation sites is 1. The lowest BCUT2D eigenvalue weighted by Gasteiger charge is -2.20. The van der Waals surface area contributed by atoms with Crippen LogP contribution in [0.1, 0.15) is 30.3 Å². The first kappa shape index (κ1) is 20.1. The molecule has 0 aliphatic rings. The fourth-order valence-electron chi connectivity index (χ4n) is 2.98. The van der Waals surface area contributed by atoms with Gasteiger partial charge in [-0.25, -0.2) is 4.98 Å². The van der Waals surface area contributed by atoms with Crippen molar-refractivity contribution in [3.05, 3.63) is 69.8 Å². The standard InChI is InChI=1S/C22H25N3O2S/c1-4-25(14-20-23-19-8-6-5-7-18(19)22(27)24-20)21(26)11-12-28-17-10-9-15(2)16(3)13-17/h5-10,13H,4,11-12,14H2,1-3H3,(H,23,24,27). The monoisotopic (exact) mass is 395 g/mol. The van der Waals surface area contributed by atoms with Gasteiger partial charge in [0, 0.05) is 23.6 Å². The number of aryl methyl sites for hydroxylation is 2. The number of amides is 1. The van der Waals surface area contributed by atoms with Gasteiger partial charge < -0.3 is 9.88 Å². The van der Waals surface area contributed by atoms with Crippen LogP contribution in [0, 0.1) is 13.8 Å². The number of H-pyrrole nitrogens is 1. The Balaban J connectivity index is 1.62. The van der Waals surface area contributed by atoms with Crippen LogP contribution in [0.5, 0.6) is 0 Å². The maximum atomic E-state index is 12.6. The van der Waals surface area contributed by atoms with E-state index >= 15 is 0 Å². The number of nitrogens with one attached hydrogen (secondary N) is 1. The second kappa shape index (κ2) is 9.06. The van der Waals surface area contributed by atoms with Crippen molar-refractivity contribution in [3.8, 4) is 0 Å². The highest BCUT2D eigenvalue weighted by Gasteiger charge is 2.14. The molecule has 6 heteroatoms. The van der Waals surface area contributed by atoms with E-state index in [1.165, 1.54) is 16.0 Å². The third kappa shape index (κ3) is 4.81. The zero-order valence-electron chi connectivity index (χ0n) is 16.5. The van der Waals surface area contributed by atoms with Gasteiger partial charge in [-0.3, -0.25) is 9.59 Å². The second-order valence-electron chi connectivity index (χ2n) is 6.78. The molecule has 2 aromatic carbocycles. The summed E-state index contributed by atoms with van der Waals surface area (Å²) < 4.78 is 0. The van der Waals surface area contributed by atoms with Gasteiger partial charge in [0.25, 0.3) is 5.56 Å². The van der Waals surface area contributed by atoms with Crippen molar-refractivity contribution in [2.45, 2.75) is 38.6 Å². The number of nitrogens with zero attached hydrogens (tertiary/aromatic N) is 2. The summed E-state index contributed by atoms with van der Waals surface area (Å²) in [6, 6.07) is 13.6. The molecule has 1 heterocycles. The molecule has 0 bridgehead atoms. The Kier molecular flexibility index (Phi) is 6.52. The Hall–Kier alpha value is -2.60. The fourth-order valence-corrected chi connectivity index (χ4v) is 3.92. The average molecular weight is 396 g/mol. The number of rotatable bonds is 7. The van der Waals surface area contributed by atoms with E-state index in [0.717, 1.165) is 5.75 Å². The van der Waals surface area contributed by atoms with Gasteiger partial charge in [-0.1, -0.05) is 18.2 Å². The summed E-state index contributed by atoms with van der Waals surface area (Å²) in [5.41, 5.74) is 3.01. The van der Waals surface area contributed by atoms with Crippen molar-refractivity contribution in [3.63, 3.8) is 0 Å². The van der Waals surface area contributed by atoms with E-state index in [4.69, 9.17) is 0 Å². The van der Waals surface area contributed by atoms with E-state index in [-0.39, 0.29) is 11.5 Å². The number of thioether (sulfide) groups is 1. The van der Waals surface area contributed by atoms with Crippen molar-refractivity contribution < 1.29 is 4.79 Å². The lowest BCUT2D eigenvalue weighted by atomic mass is 10.1. The van der Waals surface area contributed by atoms with Gasteiger partial charge in [-0.05, 0) is 56.2 Å². The predicted octanol–water partition coefficient (Wildman–Crippen LogP) is 4.07. The average Bonchev–Trinajstić information content (AvgIpc) is 2.69. The highest BCUT2D eigenvalue weighted by molar-refractivity contribution is 7.99. The topological polar surface area (TPSA) is 66.1 Å². The molecule has 0 aliphatic heterocycles. The maximum Gasteiger partial charge on any atom is 0.258 e. The molecule has 0 atom stereocenters. The fraction of sp³-hybridized carbons (Fsp3) is 0.318. The zero-order valence-corrected chi connectivity index (χ0v) is 17.3. The SMILES string of the molecule is CCN(Cc1nc2ccccc2c(=O)[nH]1)C(=O)CCSc1ccc(C)c(C)c1. The smallest absolute Gasteiger partial charge is 0.258 e. The van der Waals surface area contributed by atoms with Crippen LogP contribution < -0.4 is 5.56 Å². The number of benzene rings is 2. The summed E-state index contributed by atoms with van der Waals surface area (Å²) in [6.07, 6.45) is 0.448. The minimum Gasteiger partial charge on any atom is -0.335 e. The summed E-state index contributed by atoms with van der Waals surface area (Å²) in [7, 11) is 0. The van der Waals surface area contributed by atoms with Crippen LogP contribution in [-0.4, -0.2) is 33.1 Å². The van der Waals surface area contributed by atoms with Gasteiger partial charge in [0.05, 0.1) is 17.4 Å².